The highest BCUT2D eigenvalue weighted by Gasteiger charge is 2.27. The number of nitrogens with zero attached hydrogens (tertiary/aromatic N) is 4. The summed E-state index contributed by atoms with van der Waals surface area (Å²) in [5.74, 6) is -0.188. The number of aromatic nitrogens is 3. The maximum Gasteiger partial charge on any atom is 0.253 e. The zero-order valence-electron chi connectivity index (χ0n) is 27.0. The number of nitrogens with one attached hydrogen (secondary N) is 1. The monoisotopic (exact) mass is 637 g/mol. The lowest BCUT2D eigenvalue weighted by atomic mass is 9.90. The number of aliphatic hydroxyl groups is 1. The quantitative estimate of drug-likeness (QED) is 0.242. The molecule has 0 aliphatic carbocycles. The molecule has 1 aliphatic heterocycles. The van der Waals surface area contributed by atoms with Crippen LogP contribution in [-0.4, -0.2) is 77.5 Å². The molecule has 1 atom stereocenters. The van der Waals surface area contributed by atoms with Crippen molar-refractivity contribution in [3.63, 3.8) is 0 Å². The number of likely N-dealkylation sites (N-methyl/N-ethyl adjacent to an activating group) is 2. The van der Waals surface area contributed by atoms with Crippen LogP contribution in [0.1, 0.15) is 45.1 Å². The number of fused-ring (bicyclic) bond motifs is 2. The van der Waals surface area contributed by atoms with Crippen molar-refractivity contribution in [3.8, 4) is 22.3 Å². The van der Waals surface area contributed by atoms with Gasteiger partial charge in [0.15, 0.2) is 10.7 Å². The van der Waals surface area contributed by atoms with Gasteiger partial charge in [0.1, 0.15) is 5.52 Å². The Balaban J connectivity index is 1.41. The van der Waals surface area contributed by atoms with E-state index in [1.807, 2.05) is 38.1 Å². The second kappa shape index (κ2) is 12.1. The first kappa shape index (κ1) is 31.6. The van der Waals surface area contributed by atoms with Gasteiger partial charge in [0, 0.05) is 49.6 Å². The van der Waals surface area contributed by atoms with Crippen molar-refractivity contribution in [2.45, 2.75) is 56.7 Å². The number of carbonyl (C=O) groups excluding carboxylic acids is 1. The fourth-order valence-corrected chi connectivity index (χ4v) is 7.85. The average Bonchev–Trinajstić information content (AvgIpc) is 3.43. The van der Waals surface area contributed by atoms with Crippen LogP contribution in [0.4, 0.5) is 0 Å². The van der Waals surface area contributed by atoms with Gasteiger partial charge in [0.25, 0.3) is 5.91 Å². The Kier molecular flexibility index (Phi) is 8.30. The van der Waals surface area contributed by atoms with Crippen LogP contribution in [-0.2, 0) is 22.8 Å². The van der Waals surface area contributed by atoms with Gasteiger partial charge in [-0.25, -0.2) is 18.4 Å². The van der Waals surface area contributed by atoms with Gasteiger partial charge in [-0.3, -0.25) is 4.79 Å². The fraction of sp³-hybridized carbons (Fsp3) is 0.306. The third kappa shape index (κ3) is 5.84. The van der Waals surface area contributed by atoms with Crippen molar-refractivity contribution in [1.29, 1.82) is 0 Å². The molecule has 3 heterocycles. The smallest absolute Gasteiger partial charge is 0.253 e. The van der Waals surface area contributed by atoms with E-state index in [0.717, 1.165) is 41.8 Å². The molecule has 0 saturated carbocycles. The maximum absolute atomic E-state index is 14.4. The molecule has 10 heteroatoms. The van der Waals surface area contributed by atoms with Crippen molar-refractivity contribution in [2.75, 3.05) is 27.2 Å². The number of hydrogen-bond acceptors (Lipinski definition) is 7. The second-order valence-corrected chi connectivity index (χ2v) is 14.5. The summed E-state index contributed by atoms with van der Waals surface area (Å²) in [4.78, 5) is 29.2. The van der Waals surface area contributed by atoms with Gasteiger partial charge < -0.3 is 19.9 Å². The van der Waals surface area contributed by atoms with E-state index in [0.29, 0.717) is 27.9 Å². The minimum absolute atomic E-state index is 0.134. The average molecular weight is 638 g/mol. The van der Waals surface area contributed by atoms with Crippen molar-refractivity contribution in [2.24, 2.45) is 0 Å². The van der Waals surface area contributed by atoms with Crippen LogP contribution in [0.25, 0.3) is 33.4 Å². The first-order chi connectivity index (χ1) is 21.8. The number of carbonyl (C=O) groups is 1. The summed E-state index contributed by atoms with van der Waals surface area (Å²) in [6, 6.07) is 15.2. The minimum atomic E-state index is -4.07. The van der Waals surface area contributed by atoms with Crippen molar-refractivity contribution in [3.05, 3.63) is 94.3 Å². The first-order valence-electron chi connectivity index (χ1n) is 15.4. The Morgan fingerprint density at radius 1 is 1.04 bits per heavy atom. The number of hydrogen-bond donors (Lipinski definition) is 2. The van der Waals surface area contributed by atoms with Gasteiger partial charge in [0.05, 0.1) is 17.2 Å². The standard InChI is InChI=1S/C36H39N5O4S/c1-21-7-9-30(26-15-22(2)28-11-12-40(5)20-27(28)16-26)32(13-21)46(44,45)33-18-38-35-34(39-33)31(17-37-35)25-8-10-29(23(3)14-25)36(43)41(6)19-24(4)42/h7-10,13-18,24,42H,11-12,19-20H2,1-6H3,(H,37,38)/t24-/m0/s1. The molecule has 1 aliphatic rings. The summed E-state index contributed by atoms with van der Waals surface area (Å²) in [7, 11) is -0.309. The third-order valence-corrected chi connectivity index (χ3v) is 10.4. The highest BCUT2D eigenvalue weighted by atomic mass is 32.2. The molecule has 0 spiro atoms. The van der Waals surface area contributed by atoms with Crippen LogP contribution in [0.5, 0.6) is 0 Å². The second-order valence-electron chi connectivity index (χ2n) is 12.6. The summed E-state index contributed by atoms with van der Waals surface area (Å²) < 4.78 is 28.7. The first-order valence-corrected chi connectivity index (χ1v) is 16.9. The molecule has 5 aromatic rings. The van der Waals surface area contributed by atoms with Crippen LogP contribution in [0, 0.1) is 20.8 Å². The minimum Gasteiger partial charge on any atom is -0.392 e. The number of amides is 1. The molecule has 9 nitrogen and oxygen atoms in total. The topological polar surface area (TPSA) is 119 Å². The number of aliphatic hydroxyl groups excluding tert-OH is 1. The van der Waals surface area contributed by atoms with Gasteiger partial charge in [0.2, 0.25) is 9.84 Å². The van der Waals surface area contributed by atoms with E-state index < -0.39 is 15.9 Å². The lowest BCUT2D eigenvalue weighted by Gasteiger charge is -2.27. The van der Waals surface area contributed by atoms with E-state index in [9.17, 15) is 18.3 Å². The van der Waals surface area contributed by atoms with Gasteiger partial charge in [-0.15, -0.1) is 0 Å². The van der Waals surface area contributed by atoms with Gasteiger partial charge in [-0.05, 0) is 98.3 Å². The van der Waals surface area contributed by atoms with Crippen LogP contribution < -0.4 is 0 Å². The van der Waals surface area contributed by atoms with Crippen LogP contribution in [0.3, 0.4) is 0 Å². The summed E-state index contributed by atoms with van der Waals surface area (Å²) in [6.07, 6.45) is 3.40. The Morgan fingerprint density at radius 3 is 2.54 bits per heavy atom. The van der Waals surface area contributed by atoms with E-state index in [1.165, 1.54) is 27.8 Å². The lowest BCUT2D eigenvalue weighted by molar-refractivity contribution is 0.0703. The van der Waals surface area contributed by atoms with Crippen molar-refractivity contribution in [1.82, 2.24) is 24.8 Å². The van der Waals surface area contributed by atoms with E-state index >= 15 is 0 Å². The summed E-state index contributed by atoms with van der Waals surface area (Å²) >= 11 is 0. The molecule has 0 unspecified atom stereocenters. The van der Waals surface area contributed by atoms with Crippen molar-refractivity contribution < 1.29 is 18.3 Å². The van der Waals surface area contributed by atoms with E-state index in [4.69, 9.17) is 0 Å². The van der Waals surface area contributed by atoms with Crippen LogP contribution in [0.15, 0.2) is 70.8 Å². The molecule has 6 rings (SSSR count). The summed E-state index contributed by atoms with van der Waals surface area (Å²) in [5.41, 5.74) is 9.68. The third-order valence-electron chi connectivity index (χ3n) is 8.77. The molecule has 46 heavy (non-hydrogen) atoms. The predicted octanol–water partition coefficient (Wildman–Crippen LogP) is 5.49. The molecule has 3 aromatic carbocycles. The molecule has 0 saturated heterocycles. The predicted molar refractivity (Wildman–Crippen MR) is 180 cm³/mol. The zero-order chi connectivity index (χ0) is 32.9. The Labute approximate surface area is 269 Å². The normalized spacial score (nSPS) is 14.3. The largest absolute Gasteiger partial charge is 0.392 e. The SMILES string of the molecule is Cc1ccc(-c2cc(C)c3c(c2)CN(C)CC3)c(S(=O)(=O)c2cnc3[nH]cc(-c4ccc(C(=O)N(C)C[C@H](C)O)c(C)c4)c3n2)c1. The summed E-state index contributed by atoms with van der Waals surface area (Å²) in [6.45, 7) is 9.52. The van der Waals surface area contributed by atoms with Crippen LogP contribution >= 0.6 is 0 Å². The highest BCUT2D eigenvalue weighted by Crippen LogP contribution is 2.36. The van der Waals surface area contributed by atoms with E-state index in [-0.39, 0.29) is 22.4 Å². The Morgan fingerprint density at radius 2 is 1.80 bits per heavy atom. The Bertz CT molecular complexity index is 2100. The molecular weight excluding hydrogens is 598 g/mol. The number of sulfone groups is 1. The molecule has 0 fully saturated rings. The lowest BCUT2D eigenvalue weighted by Crippen LogP contribution is -2.33. The molecular formula is C36H39N5O4S. The molecule has 1 amide bonds. The van der Waals surface area contributed by atoms with Crippen LogP contribution in [0.2, 0.25) is 0 Å². The fourth-order valence-electron chi connectivity index (χ4n) is 6.40. The number of rotatable bonds is 7. The summed E-state index contributed by atoms with van der Waals surface area (Å²) in [5, 5.41) is 9.57. The molecule has 238 valence electrons. The highest BCUT2D eigenvalue weighted by molar-refractivity contribution is 7.91. The molecule has 2 N–H and O–H groups in total. The maximum atomic E-state index is 14.4. The molecule has 0 radical (unpaired) electrons. The molecule has 0 bridgehead atoms. The number of aryl methyl sites for hydroxylation is 3. The van der Waals surface area contributed by atoms with E-state index in [2.05, 4.69) is 46.0 Å². The number of benzene rings is 3. The van der Waals surface area contributed by atoms with Crippen molar-refractivity contribution >= 4 is 26.9 Å². The molecule has 2 aromatic heterocycles. The zero-order valence-corrected chi connectivity index (χ0v) is 27.9. The van der Waals surface area contributed by atoms with Gasteiger partial charge in [-0.1, -0.05) is 30.3 Å². The van der Waals surface area contributed by atoms with E-state index in [1.54, 1.807) is 32.3 Å². The van der Waals surface area contributed by atoms with Gasteiger partial charge in [-0.2, -0.15) is 0 Å². The van der Waals surface area contributed by atoms with Gasteiger partial charge >= 0.3 is 0 Å². The Hall–Kier alpha value is -4.38. The number of aromatic amines is 1. The number of H-pyrrole nitrogens is 1.